The number of esters is 1. The number of aliphatic hydroxyl groups is 1. The minimum absolute atomic E-state index is 0.0523. The lowest BCUT2D eigenvalue weighted by Crippen LogP contribution is -2.55. The van der Waals surface area contributed by atoms with Crippen molar-refractivity contribution >= 4 is 35.1 Å². The van der Waals surface area contributed by atoms with Crippen LogP contribution in [0.5, 0.6) is 0 Å². The molecule has 5 atom stereocenters. The first kappa shape index (κ1) is 21.2. The van der Waals surface area contributed by atoms with Crippen molar-refractivity contribution in [1.82, 2.24) is 4.90 Å². The molecule has 168 valence electrons. The van der Waals surface area contributed by atoms with Crippen molar-refractivity contribution in [3.05, 3.63) is 53.6 Å². The summed E-state index contributed by atoms with van der Waals surface area (Å²) in [6.45, 7) is 0.0782. The van der Waals surface area contributed by atoms with Gasteiger partial charge in [-0.2, -0.15) is 0 Å². The molecule has 0 bridgehead atoms. The van der Waals surface area contributed by atoms with E-state index in [-0.39, 0.29) is 32.2 Å². The van der Waals surface area contributed by atoms with Crippen LogP contribution >= 0.6 is 11.6 Å². The van der Waals surface area contributed by atoms with Crippen molar-refractivity contribution in [1.29, 1.82) is 0 Å². The lowest BCUT2D eigenvalue weighted by atomic mass is 9.77. The van der Waals surface area contributed by atoms with E-state index in [2.05, 4.69) is 0 Å². The monoisotopic (exact) mass is 458 g/mol. The van der Waals surface area contributed by atoms with Crippen molar-refractivity contribution in [2.24, 2.45) is 11.8 Å². The molecule has 0 aliphatic carbocycles. The summed E-state index contributed by atoms with van der Waals surface area (Å²) in [5, 5.41) is 10.0. The lowest BCUT2D eigenvalue weighted by molar-refractivity contribution is -0.154. The maximum Gasteiger partial charge on any atom is 0.312 e. The molecule has 2 amide bonds. The molecule has 1 aromatic carbocycles. The number of halogens is 1. The Labute approximate surface area is 190 Å². The van der Waals surface area contributed by atoms with Crippen molar-refractivity contribution in [3.63, 3.8) is 0 Å². The van der Waals surface area contributed by atoms with Gasteiger partial charge in [-0.3, -0.25) is 14.4 Å². The molecule has 1 unspecified atom stereocenters. The number of anilines is 1. The molecule has 2 fully saturated rings. The van der Waals surface area contributed by atoms with E-state index in [4.69, 9.17) is 21.1 Å². The van der Waals surface area contributed by atoms with Gasteiger partial charge in [0.2, 0.25) is 5.91 Å². The molecule has 32 heavy (non-hydrogen) atoms. The summed E-state index contributed by atoms with van der Waals surface area (Å²) in [7, 11) is 0. The molecule has 0 saturated carbocycles. The minimum Gasteiger partial charge on any atom is -0.465 e. The fraction of sp³-hybridized carbons (Fsp3) is 0.435. The second-order valence-corrected chi connectivity index (χ2v) is 8.69. The zero-order valence-corrected chi connectivity index (χ0v) is 18.0. The van der Waals surface area contributed by atoms with E-state index in [9.17, 15) is 19.5 Å². The molecule has 2 saturated heterocycles. The number of para-hydroxylation sites is 1. The summed E-state index contributed by atoms with van der Waals surface area (Å²) in [6, 6.07) is 5.93. The maximum absolute atomic E-state index is 13.9. The Hall–Kier alpha value is -2.68. The predicted molar refractivity (Wildman–Crippen MR) is 115 cm³/mol. The third-order valence-corrected chi connectivity index (χ3v) is 6.92. The van der Waals surface area contributed by atoms with Crippen LogP contribution in [0.25, 0.3) is 0 Å². The van der Waals surface area contributed by atoms with E-state index in [0.29, 0.717) is 17.1 Å². The van der Waals surface area contributed by atoms with Gasteiger partial charge in [0.1, 0.15) is 17.6 Å². The quantitative estimate of drug-likeness (QED) is 0.542. The van der Waals surface area contributed by atoms with Crippen LogP contribution in [0.3, 0.4) is 0 Å². The maximum atomic E-state index is 13.9. The van der Waals surface area contributed by atoms with Gasteiger partial charge in [0.15, 0.2) is 0 Å². The van der Waals surface area contributed by atoms with Crippen LogP contribution in [-0.2, 0) is 23.9 Å². The summed E-state index contributed by atoms with van der Waals surface area (Å²) >= 11 is 6.37. The molecule has 9 heteroatoms. The van der Waals surface area contributed by atoms with Gasteiger partial charge in [-0.15, -0.1) is 0 Å². The molecule has 1 aromatic rings. The summed E-state index contributed by atoms with van der Waals surface area (Å²) in [4.78, 5) is 43.2. The Kier molecular flexibility index (Phi) is 5.31. The number of fused-ring (bicyclic) bond motifs is 2. The molecular weight excluding hydrogens is 436 g/mol. The minimum atomic E-state index is -1.34. The number of benzene rings is 1. The first-order valence-corrected chi connectivity index (χ1v) is 11.0. The number of aliphatic hydroxyl groups excluding tert-OH is 1. The smallest absolute Gasteiger partial charge is 0.312 e. The number of rotatable bonds is 3. The van der Waals surface area contributed by atoms with Gasteiger partial charge in [-0.05, 0) is 18.6 Å². The number of nitrogens with zero attached hydrogens (tertiary/aromatic N) is 2. The number of cyclic esters (lactones) is 1. The Balaban J connectivity index is 1.63. The van der Waals surface area contributed by atoms with Crippen LogP contribution in [0.2, 0.25) is 5.02 Å². The van der Waals surface area contributed by atoms with Crippen molar-refractivity contribution in [2.75, 3.05) is 31.2 Å². The second kappa shape index (κ2) is 8.03. The number of carbonyl (C=O) groups is 3. The highest BCUT2D eigenvalue weighted by Gasteiger charge is 2.71. The van der Waals surface area contributed by atoms with Gasteiger partial charge in [0, 0.05) is 13.1 Å². The number of hydrogen-bond donors (Lipinski definition) is 1. The van der Waals surface area contributed by atoms with Crippen LogP contribution < -0.4 is 4.90 Å². The zero-order chi connectivity index (χ0) is 22.5. The molecule has 0 aromatic heterocycles. The molecule has 5 rings (SSSR count). The zero-order valence-electron chi connectivity index (χ0n) is 17.2. The first-order valence-electron chi connectivity index (χ1n) is 10.7. The van der Waals surface area contributed by atoms with Gasteiger partial charge in [0.05, 0.1) is 35.9 Å². The number of amides is 2. The second-order valence-electron chi connectivity index (χ2n) is 8.28. The average molecular weight is 459 g/mol. The highest BCUT2D eigenvalue weighted by atomic mass is 35.5. The number of ether oxygens (including phenoxy) is 2. The van der Waals surface area contributed by atoms with Crippen molar-refractivity contribution < 1.29 is 29.0 Å². The Morgan fingerprint density at radius 2 is 1.97 bits per heavy atom. The normalized spacial score (nSPS) is 33.9. The number of likely N-dealkylation sites (tertiary alicyclic amines) is 1. The number of carbonyl (C=O) groups excluding carboxylic acids is 3. The van der Waals surface area contributed by atoms with E-state index >= 15 is 0 Å². The lowest BCUT2D eigenvalue weighted by Gasteiger charge is -2.35. The molecule has 4 aliphatic rings. The third kappa shape index (κ3) is 3.01. The van der Waals surface area contributed by atoms with Gasteiger partial charge < -0.3 is 24.4 Å². The van der Waals surface area contributed by atoms with Crippen LogP contribution in [0.4, 0.5) is 5.69 Å². The molecule has 1 N–H and O–H groups in total. The van der Waals surface area contributed by atoms with E-state index in [1.807, 2.05) is 6.08 Å². The molecule has 1 spiro atoms. The van der Waals surface area contributed by atoms with E-state index < -0.39 is 41.5 Å². The van der Waals surface area contributed by atoms with Crippen LogP contribution in [0, 0.1) is 11.8 Å². The Morgan fingerprint density at radius 1 is 1.16 bits per heavy atom. The highest BCUT2D eigenvalue weighted by Crippen LogP contribution is 2.53. The summed E-state index contributed by atoms with van der Waals surface area (Å²) < 4.78 is 11.8. The highest BCUT2D eigenvalue weighted by molar-refractivity contribution is 6.34. The van der Waals surface area contributed by atoms with E-state index in [1.165, 1.54) is 9.80 Å². The number of β-amino-alcohol motifs (C(OH)–C–C–N with tert-alkyl or cyclic N) is 1. The molecule has 8 nitrogen and oxygen atoms in total. The summed E-state index contributed by atoms with van der Waals surface area (Å²) in [6.07, 6.45) is 7.04. The van der Waals surface area contributed by atoms with Gasteiger partial charge in [-0.1, -0.05) is 48.0 Å². The third-order valence-electron chi connectivity index (χ3n) is 6.60. The fourth-order valence-electron chi connectivity index (χ4n) is 5.34. The molecule has 4 heterocycles. The number of hydrogen-bond acceptors (Lipinski definition) is 6. The predicted octanol–water partition coefficient (Wildman–Crippen LogP) is 1.32. The molecule has 4 aliphatic heterocycles. The van der Waals surface area contributed by atoms with Crippen LogP contribution in [-0.4, -0.2) is 71.8 Å². The van der Waals surface area contributed by atoms with E-state index in [1.54, 1.807) is 42.5 Å². The fourth-order valence-corrected chi connectivity index (χ4v) is 5.58. The van der Waals surface area contributed by atoms with Gasteiger partial charge in [-0.25, -0.2) is 0 Å². The van der Waals surface area contributed by atoms with Gasteiger partial charge in [0.25, 0.3) is 5.91 Å². The van der Waals surface area contributed by atoms with Gasteiger partial charge >= 0.3 is 5.97 Å². The largest absolute Gasteiger partial charge is 0.465 e. The topological polar surface area (TPSA) is 96.4 Å². The van der Waals surface area contributed by atoms with E-state index in [0.717, 1.165) is 0 Å². The summed E-state index contributed by atoms with van der Waals surface area (Å²) in [5.74, 6) is -3.08. The molecule has 0 radical (unpaired) electrons. The first-order chi connectivity index (χ1) is 15.5. The van der Waals surface area contributed by atoms with Crippen molar-refractivity contribution in [3.8, 4) is 0 Å². The average Bonchev–Trinajstić information content (AvgIpc) is 3.13. The van der Waals surface area contributed by atoms with Crippen LogP contribution in [0.15, 0.2) is 48.6 Å². The Bertz CT molecular complexity index is 1030. The van der Waals surface area contributed by atoms with Crippen molar-refractivity contribution in [2.45, 2.75) is 24.2 Å². The van der Waals surface area contributed by atoms with Crippen LogP contribution in [0.1, 0.15) is 6.42 Å². The standard InChI is InChI=1S/C23H23ClN2O6/c24-14-6-1-2-7-15(14)25-10-5-9-23-18(20(28)26(11-12-27)19(23)21(25)29)17-16(32-23)8-3-4-13-31-22(17)30/h1-3,5-9,16-19,27H,4,10-13H2/t16-,17+,18-,19?,23-/m0/s1. The molecular formula is C23H23ClN2O6. The SMILES string of the molecule is O=C1OCCC=C[C@@H]2O[C@]34C=CCN(c5ccccc5Cl)C(=O)C3N(CCO)C(=O)[C@@H]4[C@H]12. The summed E-state index contributed by atoms with van der Waals surface area (Å²) in [5.41, 5.74) is -0.827. The Morgan fingerprint density at radius 3 is 2.75 bits per heavy atom.